The van der Waals surface area contributed by atoms with Gasteiger partial charge in [0, 0.05) is 25.0 Å². The van der Waals surface area contributed by atoms with Crippen LogP contribution in [0.4, 0.5) is 22.0 Å². The molecule has 0 spiro atoms. The van der Waals surface area contributed by atoms with Gasteiger partial charge >= 0.3 is 6.03 Å². The maximum Gasteiger partial charge on any atom is 0.332 e. The normalized spacial score (nSPS) is 17.5. The van der Waals surface area contributed by atoms with Crippen molar-refractivity contribution in [1.29, 1.82) is 0 Å². The van der Waals surface area contributed by atoms with Gasteiger partial charge in [-0.15, -0.1) is 11.3 Å². The standard InChI is InChI=1S/C25H22N6O2S/c32-23(29-17-7-4-10-26-14-17)22-21-20-18(9-12-28-24(20)34-22)31(25(33)30-21)19-13-16(8-11-27-19)15-5-2-1-3-6-15/h1-3,5-6,8-9,11-13,17,26H,4,7,10,14H2,(H,29,32)(H,30,33)/t17-/m1/s1. The number of hydrogen-bond donors (Lipinski definition) is 3. The molecule has 2 aliphatic heterocycles. The van der Waals surface area contributed by atoms with Crippen molar-refractivity contribution in [2.75, 3.05) is 23.3 Å². The Hall–Kier alpha value is -3.82. The zero-order valence-corrected chi connectivity index (χ0v) is 19.1. The van der Waals surface area contributed by atoms with Crippen molar-refractivity contribution in [2.45, 2.75) is 18.9 Å². The smallest absolute Gasteiger partial charge is 0.332 e. The largest absolute Gasteiger partial charge is 0.347 e. The van der Waals surface area contributed by atoms with Crippen LogP contribution in [0.1, 0.15) is 22.5 Å². The van der Waals surface area contributed by atoms with Gasteiger partial charge in [-0.2, -0.15) is 0 Å². The number of nitrogens with one attached hydrogen (secondary N) is 3. The van der Waals surface area contributed by atoms with E-state index in [1.165, 1.54) is 11.3 Å². The summed E-state index contributed by atoms with van der Waals surface area (Å²) in [7, 11) is 0. The van der Waals surface area contributed by atoms with Crippen molar-refractivity contribution in [1.82, 2.24) is 20.6 Å². The molecule has 34 heavy (non-hydrogen) atoms. The lowest BCUT2D eigenvalue weighted by Gasteiger charge is -2.28. The first kappa shape index (κ1) is 20.8. The van der Waals surface area contributed by atoms with Crippen LogP contribution in [-0.2, 0) is 0 Å². The van der Waals surface area contributed by atoms with Gasteiger partial charge in [-0.1, -0.05) is 30.3 Å². The molecule has 1 saturated heterocycles. The average Bonchev–Trinajstić information content (AvgIpc) is 3.25. The van der Waals surface area contributed by atoms with E-state index < -0.39 is 0 Å². The van der Waals surface area contributed by atoms with Crippen LogP contribution in [0.15, 0.2) is 60.9 Å². The number of amides is 3. The summed E-state index contributed by atoms with van der Waals surface area (Å²) in [4.78, 5) is 38.1. The highest BCUT2D eigenvalue weighted by Crippen LogP contribution is 2.45. The highest BCUT2D eigenvalue weighted by molar-refractivity contribution is 7.21. The second-order valence-corrected chi connectivity index (χ2v) is 9.37. The van der Waals surface area contributed by atoms with Crippen molar-refractivity contribution in [3.05, 3.63) is 65.8 Å². The van der Waals surface area contributed by atoms with Crippen LogP contribution in [0.2, 0.25) is 0 Å². The third kappa shape index (κ3) is 3.59. The Labute approximate surface area is 200 Å². The lowest BCUT2D eigenvalue weighted by Crippen LogP contribution is -2.45. The predicted octanol–water partition coefficient (Wildman–Crippen LogP) is 4.52. The molecule has 8 nitrogen and oxygen atoms in total. The Morgan fingerprint density at radius 2 is 1.94 bits per heavy atom. The number of carbonyl (C=O) groups excluding carboxylic acids is 2. The van der Waals surface area contributed by atoms with Gasteiger partial charge in [-0.3, -0.25) is 4.79 Å². The molecule has 1 fully saturated rings. The van der Waals surface area contributed by atoms with Gasteiger partial charge in [0.15, 0.2) is 0 Å². The maximum absolute atomic E-state index is 13.3. The fourth-order valence-corrected chi connectivity index (χ4v) is 5.57. The number of pyridine rings is 2. The molecule has 0 aliphatic carbocycles. The summed E-state index contributed by atoms with van der Waals surface area (Å²) in [6.45, 7) is 1.72. The molecule has 3 N–H and O–H groups in total. The highest BCUT2D eigenvalue weighted by Gasteiger charge is 2.33. The monoisotopic (exact) mass is 470 g/mol. The first-order valence-corrected chi connectivity index (χ1v) is 12.1. The molecule has 4 aromatic rings. The Morgan fingerprint density at radius 1 is 1.09 bits per heavy atom. The minimum atomic E-state index is -0.357. The third-order valence-corrected chi connectivity index (χ3v) is 7.26. The van der Waals surface area contributed by atoms with Crippen molar-refractivity contribution >= 4 is 50.7 Å². The second kappa shape index (κ2) is 8.51. The number of hydrogen-bond acceptors (Lipinski definition) is 6. The lowest BCUT2D eigenvalue weighted by atomic mass is 10.1. The zero-order chi connectivity index (χ0) is 23.1. The topological polar surface area (TPSA) is 99.2 Å². The maximum atomic E-state index is 13.3. The number of anilines is 3. The van der Waals surface area contributed by atoms with Gasteiger partial charge in [0.05, 0.1) is 16.8 Å². The van der Waals surface area contributed by atoms with Crippen LogP contribution in [0.5, 0.6) is 0 Å². The molecular weight excluding hydrogens is 448 g/mol. The molecule has 0 radical (unpaired) electrons. The summed E-state index contributed by atoms with van der Waals surface area (Å²) in [5.74, 6) is 0.318. The SMILES string of the molecule is O=C(N[C@@H]1CCCNC1)c1sc2nccc3c2c1NC(=O)N3c1cc(-c2ccccc2)ccn1. The van der Waals surface area contributed by atoms with E-state index in [2.05, 4.69) is 25.9 Å². The van der Waals surface area contributed by atoms with E-state index in [1.807, 2.05) is 42.5 Å². The summed E-state index contributed by atoms with van der Waals surface area (Å²) >= 11 is 1.29. The molecular formula is C25H22N6O2S. The minimum Gasteiger partial charge on any atom is -0.347 e. The molecule has 1 aromatic carbocycles. The van der Waals surface area contributed by atoms with E-state index in [4.69, 9.17) is 0 Å². The Bertz CT molecular complexity index is 1400. The van der Waals surface area contributed by atoms with E-state index in [0.717, 1.165) is 42.4 Å². The molecule has 9 heteroatoms. The molecule has 6 rings (SSSR count). The third-order valence-electron chi connectivity index (χ3n) is 6.17. The summed E-state index contributed by atoms with van der Waals surface area (Å²) < 4.78 is 0. The zero-order valence-electron chi connectivity index (χ0n) is 18.2. The van der Waals surface area contributed by atoms with Crippen LogP contribution < -0.4 is 20.9 Å². The summed E-state index contributed by atoms with van der Waals surface area (Å²) in [5.41, 5.74) is 3.18. The van der Waals surface area contributed by atoms with Crippen LogP contribution in [-0.4, -0.2) is 41.0 Å². The van der Waals surface area contributed by atoms with E-state index in [1.54, 1.807) is 23.4 Å². The van der Waals surface area contributed by atoms with Gasteiger partial charge in [-0.05, 0) is 48.7 Å². The van der Waals surface area contributed by atoms with Gasteiger partial charge in [0.2, 0.25) is 0 Å². The molecule has 0 unspecified atom stereocenters. The second-order valence-electron chi connectivity index (χ2n) is 8.37. The summed E-state index contributed by atoms with van der Waals surface area (Å²) in [6, 6.07) is 15.3. The molecule has 0 bridgehead atoms. The summed E-state index contributed by atoms with van der Waals surface area (Å²) in [6.07, 6.45) is 5.32. The van der Waals surface area contributed by atoms with Crippen LogP contribution in [0.25, 0.3) is 21.3 Å². The molecule has 3 amide bonds. The quantitative estimate of drug-likeness (QED) is 0.407. The number of benzene rings is 1. The van der Waals surface area contributed by atoms with Gasteiger partial charge in [0.1, 0.15) is 15.5 Å². The van der Waals surface area contributed by atoms with Gasteiger partial charge in [0.25, 0.3) is 5.91 Å². The van der Waals surface area contributed by atoms with E-state index in [-0.39, 0.29) is 18.0 Å². The van der Waals surface area contributed by atoms with E-state index in [0.29, 0.717) is 26.9 Å². The number of piperidine rings is 1. The molecule has 1 atom stereocenters. The van der Waals surface area contributed by atoms with Crippen molar-refractivity contribution in [2.24, 2.45) is 0 Å². The van der Waals surface area contributed by atoms with Crippen LogP contribution in [0.3, 0.4) is 0 Å². The fourth-order valence-electron chi connectivity index (χ4n) is 4.55. The Morgan fingerprint density at radius 3 is 2.76 bits per heavy atom. The number of aromatic nitrogens is 2. The number of rotatable bonds is 4. The van der Waals surface area contributed by atoms with E-state index in [9.17, 15) is 9.59 Å². The first-order valence-electron chi connectivity index (χ1n) is 11.2. The first-order chi connectivity index (χ1) is 16.7. The predicted molar refractivity (Wildman–Crippen MR) is 134 cm³/mol. The molecule has 5 heterocycles. The number of nitrogens with zero attached hydrogens (tertiary/aromatic N) is 3. The molecule has 170 valence electrons. The summed E-state index contributed by atoms with van der Waals surface area (Å²) in [5, 5.41) is 10.1. The molecule has 3 aromatic heterocycles. The van der Waals surface area contributed by atoms with Crippen molar-refractivity contribution in [3.63, 3.8) is 0 Å². The molecule has 0 saturated carbocycles. The van der Waals surface area contributed by atoms with Crippen LogP contribution >= 0.6 is 11.3 Å². The van der Waals surface area contributed by atoms with Gasteiger partial charge in [-0.25, -0.2) is 19.7 Å². The number of urea groups is 1. The highest BCUT2D eigenvalue weighted by atomic mass is 32.1. The number of carbonyl (C=O) groups is 2. The van der Waals surface area contributed by atoms with E-state index >= 15 is 0 Å². The average molecular weight is 471 g/mol. The number of thiophene rings is 1. The lowest BCUT2D eigenvalue weighted by molar-refractivity contribution is 0.0935. The van der Waals surface area contributed by atoms with Gasteiger partial charge < -0.3 is 16.0 Å². The Kier molecular flexibility index (Phi) is 5.20. The Balaban J connectivity index is 1.40. The van der Waals surface area contributed by atoms with Crippen LogP contribution in [0, 0.1) is 0 Å². The van der Waals surface area contributed by atoms with Crippen molar-refractivity contribution in [3.8, 4) is 11.1 Å². The minimum absolute atomic E-state index is 0.0757. The molecule has 2 aliphatic rings. The van der Waals surface area contributed by atoms with Crippen molar-refractivity contribution < 1.29 is 9.59 Å². The fraction of sp³-hybridized carbons (Fsp3) is 0.200.